The Morgan fingerprint density at radius 2 is 0.917 bits per heavy atom. The molecule has 1 N–H and O–H groups in total. The van der Waals surface area contributed by atoms with Crippen molar-refractivity contribution < 1.29 is 18.7 Å². The molecule has 9 rings (SSSR count). The van der Waals surface area contributed by atoms with E-state index in [1.807, 2.05) is 146 Å². The molecule has 358 valence electrons. The van der Waals surface area contributed by atoms with Gasteiger partial charge >= 0.3 is 17.2 Å². The van der Waals surface area contributed by atoms with Crippen LogP contribution < -0.4 is 26.0 Å². The highest BCUT2D eigenvalue weighted by Gasteiger charge is 2.16. The minimum atomic E-state index is -1.28. The van der Waals surface area contributed by atoms with Crippen molar-refractivity contribution >= 4 is 109 Å². The second-order valence-electron chi connectivity index (χ2n) is 16.8. The van der Waals surface area contributed by atoms with Gasteiger partial charge in [-0.25, -0.2) is 14.4 Å². The highest BCUT2D eigenvalue weighted by molar-refractivity contribution is 7.16. The van der Waals surface area contributed by atoms with E-state index in [0.29, 0.717) is 27.9 Å². The number of hydrogen-bond donors (Lipinski definition) is 1. The van der Waals surface area contributed by atoms with Gasteiger partial charge in [-0.2, -0.15) is 5.26 Å². The second kappa shape index (κ2) is 21.6. The Labute approximate surface area is 425 Å². The standard InChI is InChI=1S/C60H50N4O6S2/c1-5-62(6-2)48-25-17-42-34-52(59(67)69-54(42)36-48)56-31-29-50(71-56)27-15-39-9-19-45(20-10-39)64(47-23-13-41(14-24-47)33-44(38-61)58(65)66)46-21-11-40(12-22-46)16-28-51-30-32-57(72-51)53-35-43-18-26-49(63(7-3)8-4)37-55(43)70-60(53)68/h9-37H,5-8H2,1-4H3,(H,65,66)/b27-15+,28-16+,44-33-. The normalized spacial score (nSPS) is 11.7. The second-order valence-corrected chi connectivity index (χ2v) is 19.1. The molecule has 5 aromatic carbocycles. The molecule has 0 fully saturated rings. The number of anilines is 5. The number of hydrogen-bond acceptors (Lipinski definition) is 11. The summed E-state index contributed by atoms with van der Waals surface area (Å²) in [5.74, 6) is -1.28. The molecule has 9 aromatic rings. The number of carboxylic acid groups (broad SMARTS) is 1. The molecular formula is C60H50N4O6S2. The van der Waals surface area contributed by atoms with E-state index in [-0.39, 0.29) is 16.8 Å². The van der Waals surface area contributed by atoms with Crippen LogP contribution in [-0.4, -0.2) is 37.3 Å². The first-order chi connectivity index (χ1) is 35.0. The molecule has 0 aliphatic heterocycles. The lowest BCUT2D eigenvalue weighted by atomic mass is 10.1. The number of carboxylic acids is 1. The number of aliphatic carboxylic acids is 1. The van der Waals surface area contributed by atoms with E-state index in [9.17, 15) is 24.8 Å². The summed E-state index contributed by atoms with van der Waals surface area (Å²) < 4.78 is 11.6. The molecule has 0 aliphatic rings. The quantitative estimate of drug-likeness (QED) is 0.0534. The minimum Gasteiger partial charge on any atom is -0.477 e. The number of rotatable bonds is 17. The zero-order valence-electron chi connectivity index (χ0n) is 40.2. The molecule has 0 unspecified atom stereocenters. The maximum atomic E-state index is 13.2. The Bertz CT molecular complexity index is 3480. The van der Waals surface area contributed by atoms with Crippen molar-refractivity contribution in [3.63, 3.8) is 0 Å². The number of thiophene rings is 2. The number of nitrogens with zero attached hydrogens (tertiary/aromatic N) is 4. The zero-order valence-corrected chi connectivity index (χ0v) is 41.8. The van der Waals surface area contributed by atoms with E-state index in [0.717, 1.165) is 96.0 Å². The van der Waals surface area contributed by atoms with Gasteiger partial charge in [0, 0.05) is 97.0 Å². The largest absolute Gasteiger partial charge is 0.477 e. The van der Waals surface area contributed by atoms with Crippen molar-refractivity contribution in [1.82, 2.24) is 0 Å². The van der Waals surface area contributed by atoms with E-state index < -0.39 is 5.97 Å². The summed E-state index contributed by atoms with van der Waals surface area (Å²) in [5, 5.41) is 20.5. The molecule has 0 aliphatic carbocycles. The fourth-order valence-corrected chi connectivity index (χ4v) is 10.4. The maximum absolute atomic E-state index is 13.2. The third kappa shape index (κ3) is 10.6. The number of carbonyl (C=O) groups is 1. The van der Waals surface area contributed by atoms with E-state index in [1.54, 1.807) is 18.2 Å². The Morgan fingerprint density at radius 3 is 1.29 bits per heavy atom. The van der Waals surface area contributed by atoms with E-state index in [2.05, 4.69) is 54.5 Å². The van der Waals surface area contributed by atoms with Gasteiger partial charge in [0.05, 0.1) is 11.1 Å². The van der Waals surface area contributed by atoms with Crippen molar-refractivity contribution in [2.75, 3.05) is 40.9 Å². The maximum Gasteiger partial charge on any atom is 0.346 e. The highest BCUT2D eigenvalue weighted by Crippen LogP contribution is 2.37. The third-order valence-corrected chi connectivity index (χ3v) is 14.6. The first-order valence-corrected chi connectivity index (χ1v) is 25.4. The molecule has 10 nitrogen and oxygen atoms in total. The van der Waals surface area contributed by atoms with Crippen molar-refractivity contribution in [3.05, 3.63) is 198 Å². The summed E-state index contributed by atoms with van der Waals surface area (Å²) >= 11 is 3.04. The molecule has 0 saturated heterocycles. The van der Waals surface area contributed by atoms with Crippen LogP contribution in [0.4, 0.5) is 28.4 Å². The molecule has 0 saturated carbocycles. The molecular weight excluding hydrogens is 937 g/mol. The SMILES string of the molecule is CCN(CC)c1ccc2cc(-c3ccc(/C=C/c4ccc(N(c5ccc(/C=C(/C#N)C(=O)O)cc5)c5ccc(/C=C/c6ccc(-c7cc8ccc(N(CC)CC)cc8oc7=O)s6)cc5)cc4)s3)c(=O)oc2c1. The van der Waals surface area contributed by atoms with Crippen molar-refractivity contribution in [2.45, 2.75) is 27.7 Å². The van der Waals surface area contributed by atoms with Crippen molar-refractivity contribution in [3.8, 4) is 27.0 Å². The Morgan fingerprint density at radius 1 is 0.528 bits per heavy atom. The van der Waals surface area contributed by atoms with Gasteiger partial charge in [-0.15, -0.1) is 22.7 Å². The molecule has 0 bridgehead atoms. The van der Waals surface area contributed by atoms with Gasteiger partial charge < -0.3 is 28.6 Å². The molecule has 4 aromatic heterocycles. The summed E-state index contributed by atoms with van der Waals surface area (Å²) in [6.45, 7) is 11.9. The number of benzene rings is 5. The van der Waals surface area contributed by atoms with Gasteiger partial charge in [0.25, 0.3) is 0 Å². The predicted octanol–water partition coefficient (Wildman–Crippen LogP) is 14.9. The smallest absolute Gasteiger partial charge is 0.346 e. The molecule has 0 amide bonds. The van der Waals surface area contributed by atoms with Gasteiger partial charge in [0.15, 0.2) is 0 Å². The molecule has 4 heterocycles. The highest BCUT2D eigenvalue weighted by atomic mass is 32.1. The van der Waals surface area contributed by atoms with Gasteiger partial charge in [0.2, 0.25) is 0 Å². The molecule has 72 heavy (non-hydrogen) atoms. The van der Waals surface area contributed by atoms with Crippen LogP contribution in [0.1, 0.15) is 54.1 Å². The number of fused-ring (bicyclic) bond motifs is 2. The molecule has 12 heteroatoms. The first kappa shape index (κ1) is 48.5. The summed E-state index contributed by atoms with van der Waals surface area (Å²) in [6, 6.07) is 49.1. The fraction of sp³-hybridized carbons (Fsp3) is 0.133. The van der Waals surface area contributed by atoms with Crippen LogP contribution in [0.15, 0.2) is 170 Å². The Kier molecular flexibility index (Phi) is 14.6. The van der Waals surface area contributed by atoms with Crippen LogP contribution in [-0.2, 0) is 4.79 Å². The van der Waals surface area contributed by atoms with Crippen LogP contribution in [0.2, 0.25) is 0 Å². The average Bonchev–Trinajstić information content (AvgIpc) is 4.08. The number of nitriles is 1. The van der Waals surface area contributed by atoms with Crippen LogP contribution in [0.25, 0.3) is 73.2 Å². The van der Waals surface area contributed by atoms with Crippen molar-refractivity contribution in [1.29, 1.82) is 5.26 Å². The lowest BCUT2D eigenvalue weighted by molar-refractivity contribution is -0.132. The van der Waals surface area contributed by atoms with Crippen LogP contribution in [0.5, 0.6) is 0 Å². The van der Waals surface area contributed by atoms with Gasteiger partial charge in [-0.3, -0.25) is 0 Å². The van der Waals surface area contributed by atoms with Crippen LogP contribution in [0.3, 0.4) is 0 Å². The average molecular weight is 987 g/mol. The molecule has 0 radical (unpaired) electrons. The first-order valence-electron chi connectivity index (χ1n) is 23.7. The summed E-state index contributed by atoms with van der Waals surface area (Å²) in [5.41, 5.74) is 8.31. The minimum absolute atomic E-state index is 0.350. The summed E-state index contributed by atoms with van der Waals surface area (Å²) in [4.78, 5) is 48.1. The van der Waals surface area contributed by atoms with Crippen LogP contribution >= 0.6 is 22.7 Å². The van der Waals surface area contributed by atoms with E-state index in [4.69, 9.17) is 8.83 Å². The third-order valence-electron chi connectivity index (χ3n) is 12.5. The van der Waals surface area contributed by atoms with E-state index >= 15 is 0 Å². The van der Waals surface area contributed by atoms with Gasteiger partial charge in [-0.1, -0.05) is 48.6 Å². The van der Waals surface area contributed by atoms with E-state index in [1.165, 1.54) is 28.7 Å². The zero-order chi connectivity index (χ0) is 50.3. The molecule has 0 atom stereocenters. The fourth-order valence-electron chi connectivity index (χ4n) is 8.59. The lowest BCUT2D eigenvalue weighted by Crippen LogP contribution is -2.21. The summed E-state index contributed by atoms with van der Waals surface area (Å²) in [7, 11) is 0. The van der Waals surface area contributed by atoms with Gasteiger partial charge in [-0.05, 0) is 160 Å². The summed E-state index contributed by atoms with van der Waals surface area (Å²) in [6.07, 6.45) is 9.49. The monoisotopic (exact) mass is 986 g/mol. The lowest BCUT2D eigenvalue weighted by Gasteiger charge is -2.26. The Balaban J connectivity index is 0.937. The Hall–Kier alpha value is -8.50. The molecule has 0 spiro atoms. The van der Waals surface area contributed by atoms with Crippen molar-refractivity contribution in [2.24, 2.45) is 0 Å². The van der Waals surface area contributed by atoms with Crippen LogP contribution in [0, 0.1) is 11.3 Å². The topological polar surface area (TPSA) is 131 Å². The predicted molar refractivity (Wildman–Crippen MR) is 299 cm³/mol. The van der Waals surface area contributed by atoms with Gasteiger partial charge in [0.1, 0.15) is 22.8 Å².